The van der Waals surface area contributed by atoms with Crippen LogP contribution in [0.25, 0.3) is 0 Å². The molecule has 194 valence electrons. The molecule has 4 saturated carbocycles. The fourth-order valence-electron chi connectivity index (χ4n) is 9.63. The van der Waals surface area contributed by atoms with Gasteiger partial charge < -0.3 is 23.7 Å². The molecule has 5 rings (SSSR count). The van der Waals surface area contributed by atoms with E-state index in [0.717, 1.165) is 32.1 Å². The molecule has 5 fully saturated rings. The van der Waals surface area contributed by atoms with Crippen LogP contribution in [-0.4, -0.2) is 52.1 Å². The van der Waals surface area contributed by atoms with Crippen LogP contribution in [-0.2, 0) is 28.5 Å². The molecule has 0 N–H and O–H groups in total. The topological polar surface area (TPSA) is 63.2 Å². The van der Waals surface area contributed by atoms with Crippen LogP contribution in [0.2, 0.25) is 0 Å². The van der Waals surface area contributed by atoms with E-state index in [1.807, 2.05) is 0 Å². The van der Waals surface area contributed by atoms with E-state index in [1.165, 1.54) is 26.4 Å². The van der Waals surface area contributed by atoms with Crippen molar-refractivity contribution < 1.29 is 28.5 Å². The molecule has 34 heavy (non-hydrogen) atoms. The van der Waals surface area contributed by atoms with E-state index in [4.69, 9.17) is 23.7 Å². The number of fused-ring (bicyclic) bond motifs is 2. The first-order chi connectivity index (χ1) is 16.3. The zero-order chi connectivity index (χ0) is 24.1. The van der Waals surface area contributed by atoms with E-state index < -0.39 is 0 Å². The van der Waals surface area contributed by atoms with Crippen LogP contribution < -0.4 is 0 Å². The number of carbonyl (C=O) groups excluding carboxylic acids is 1. The van der Waals surface area contributed by atoms with Crippen molar-refractivity contribution in [2.45, 2.75) is 96.9 Å². The highest BCUT2D eigenvalue weighted by atomic mass is 16.7. The van der Waals surface area contributed by atoms with Crippen LogP contribution in [0, 0.1) is 46.3 Å². The maximum Gasteiger partial charge on any atom is 0.305 e. The monoisotopic (exact) mass is 478 g/mol. The highest BCUT2D eigenvalue weighted by Crippen LogP contribution is 2.69. The molecule has 0 bridgehead atoms. The van der Waals surface area contributed by atoms with Gasteiger partial charge in [-0.3, -0.25) is 4.79 Å². The molecule has 3 unspecified atom stereocenters. The summed E-state index contributed by atoms with van der Waals surface area (Å²) in [5.74, 6) is 3.49. The van der Waals surface area contributed by atoms with Crippen molar-refractivity contribution in [3.05, 3.63) is 0 Å². The van der Waals surface area contributed by atoms with E-state index in [9.17, 15) is 4.79 Å². The Hall–Kier alpha value is -0.690. The average Bonchev–Trinajstić information content (AvgIpc) is 3.00. The molecule has 11 atom stereocenters. The molecule has 0 aromatic heterocycles. The molecule has 0 aromatic rings. The zero-order valence-electron chi connectivity index (χ0n) is 21.9. The number of hydrogen-bond acceptors (Lipinski definition) is 6. The number of methoxy groups -OCH3 is 2. The molecule has 0 spiro atoms. The first-order valence-electron chi connectivity index (χ1n) is 13.7. The Morgan fingerprint density at radius 2 is 1.79 bits per heavy atom. The molecule has 6 heteroatoms. The van der Waals surface area contributed by atoms with Crippen molar-refractivity contribution in [3.8, 4) is 0 Å². The van der Waals surface area contributed by atoms with Gasteiger partial charge in [0.1, 0.15) is 13.6 Å². The van der Waals surface area contributed by atoms with Crippen molar-refractivity contribution in [2.24, 2.45) is 46.3 Å². The van der Waals surface area contributed by atoms with Gasteiger partial charge in [-0.15, -0.1) is 0 Å². The van der Waals surface area contributed by atoms with Gasteiger partial charge in [0, 0.05) is 13.5 Å². The number of carbonyl (C=O) groups is 1. The minimum Gasteiger partial charge on any atom is -0.469 e. The van der Waals surface area contributed by atoms with E-state index in [-0.39, 0.29) is 17.5 Å². The molecule has 0 aromatic carbocycles. The summed E-state index contributed by atoms with van der Waals surface area (Å²) in [7, 11) is 3.20. The number of rotatable bonds is 7. The molecule has 1 saturated heterocycles. The zero-order valence-corrected chi connectivity index (χ0v) is 21.9. The van der Waals surface area contributed by atoms with E-state index in [0.29, 0.717) is 73.1 Å². The molecule has 1 aliphatic heterocycles. The Bertz CT molecular complexity index is 742. The van der Waals surface area contributed by atoms with Crippen molar-refractivity contribution in [2.75, 3.05) is 27.8 Å². The number of esters is 1. The molecular weight excluding hydrogens is 432 g/mol. The minimum atomic E-state index is -0.0889. The second-order valence-electron chi connectivity index (χ2n) is 12.6. The van der Waals surface area contributed by atoms with Crippen LogP contribution >= 0.6 is 0 Å². The van der Waals surface area contributed by atoms with E-state index >= 15 is 0 Å². The van der Waals surface area contributed by atoms with Crippen LogP contribution in [0.1, 0.15) is 78.6 Å². The third-order valence-corrected chi connectivity index (χ3v) is 11.4. The van der Waals surface area contributed by atoms with Crippen LogP contribution in [0.15, 0.2) is 0 Å². The second-order valence-corrected chi connectivity index (χ2v) is 12.6. The lowest BCUT2D eigenvalue weighted by atomic mass is 9.43. The van der Waals surface area contributed by atoms with Gasteiger partial charge in [0.25, 0.3) is 0 Å². The maximum atomic E-state index is 11.8. The lowest BCUT2D eigenvalue weighted by molar-refractivity contribution is -0.193. The Labute approximate surface area is 205 Å². The largest absolute Gasteiger partial charge is 0.469 e. The molecule has 4 aliphatic carbocycles. The van der Waals surface area contributed by atoms with Gasteiger partial charge in [0.15, 0.2) is 0 Å². The van der Waals surface area contributed by atoms with Gasteiger partial charge in [0.05, 0.1) is 25.4 Å². The maximum absolute atomic E-state index is 11.8. The van der Waals surface area contributed by atoms with Gasteiger partial charge in [-0.2, -0.15) is 0 Å². The van der Waals surface area contributed by atoms with Crippen molar-refractivity contribution in [3.63, 3.8) is 0 Å². The van der Waals surface area contributed by atoms with Crippen molar-refractivity contribution in [1.82, 2.24) is 0 Å². The normalized spacial score (nSPS) is 48.4. The predicted octanol–water partition coefficient (Wildman–Crippen LogP) is 5.19. The summed E-state index contributed by atoms with van der Waals surface area (Å²) in [5.41, 5.74) is 0.623. The lowest BCUT2D eigenvalue weighted by Crippen LogP contribution is -2.59. The first-order valence-corrected chi connectivity index (χ1v) is 13.7. The standard InChI is InChI=1S/C28H46O6/c1-17(6-7-24(29)31-5)21-14-23-26-25-20(9-11-28(21,26)3)27(2)10-8-19(32-15-30-4)12-18(27)13-22(25)33-16-34-23/h17-23,25-26H,6-16H2,1-5H3/t17-,18+,19-,20?,21?,22-,23+,25?,26+,27+,28-/m1/s1. The Morgan fingerprint density at radius 3 is 2.56 bits per heavy atom. The molecule has 0 amide bonds. The summed E-state index contributed by atoms with van der Waals surface area (Å²) < 4.78 is 29.1. The number of hydrogen-bond donors (Lipinski definition) is 0. The fraction of sp³-hybridized carbons (Fsp3) is 0.964. The quantitative estimate of drug-likeness (QED) is 0.371. The smallest absolute Gasteiger partial charge is 0.305 e. The summed E-state index contributed by atoms with van der Waals surface area (Å²) in [6, 6.07) is 0. The minimum absolute atomic E-state index is 0.0889. The van der Waals surface area contributed by atoms with E-state index in [1.54, 1.807) is 7.11 Å². The third kappa shape index (κ3) is 4.05. The van der Waals surface area contributed by atoms with Gasteiger partial charge in [-0.1, -0.05) is 20.8 Å². The summed E-state index contributed by atoms with van der Waals surface area (Å²) in [6.45, 7) is 8.30. The number of ether oxygens (including phenoxy) is 5. The van der Waals surface area contributed by atoms with Gasteiger partial charge in [0.2, 0.25) is 0 Å². The van der Waals surface area contributed by atoms with Gasteiger partial charge in [-0.05, 0) is 97.7 Å². The Morgan fingerprint density at radius 1 is 1.03 bits per heavy atom. The van der Waals surface area contributed by atoms with Crippen LogP contribution in [0.5, 0.6) is 0 Å². The van der Waals surface area contributed by atoms with Gasteiger partial charge >= 0.3 is 5.97 Å². The Balaban J connectivity index is 1.38. The highest BCUT2D eigenvalue weighted by Gasteiger charge is 2.66. The second kappa shape index (κ2) is 9.64. The van der Waals surface area contributed by atoms with Crippen LogP contribution in [0.3, 0.4) is 0 Å². The molecule has 5 aliphatic rings. The predicted molar refractivity (Wildman–Crippen MR) is 128 cm³/mol. The summed E-state index contributed by atoms with van der Waals surface area (Å²) in [5, 5.41) is 0. The SMILES string of the molecule is COCO[C@@H]1CC[C@]2(C)C3CC[C@]4(C)C([C@H](C)CCC(=O)OC)C[C@@H]5OCO[C@H](C[C@@H]2C1)C3[C@H]54. The highest BCUT2D eigenvalue weighted by molar-refractivity contribution is 5.69. The summed E-state index contributed by atoms with van der Waals surface area (Å²) >= 11 is 0. The first kappa shape index (κ1) is 25.0. The average molecular weight is 479 g/mol. The summed E-state index contributed by atoms with van der Waals surface area (Å²) in [6.07, 6.45) is 10.6. The third-order valence-electron chi connectivity index (χ3n) is 11.4. The summed E-state index contributed by atoms with van der Waals surface area (Å²) in [4.78, 5) is 11.8. The van der Waals surface area contributed by atoms with E-state index in [2.05, 4.69) is 20.8 Å². The molecule has 0 radical (unpaired) electrons. The molecule has 1 heterocycles. The van der Waals surface area contributed by atoms with Crippen molar-refractivity contribution in [1.29, 1.82) is 0 Å². The molecular formula is C28H46O6. The Kier molecular flexibility index (Phi) is 7.09. The fourth-order valence-corrected chi connectivity index (χ4v) is 9.63. The van der Waals surface area contributed by atoms with Gasteiger partial charge in [-0.25, -0.2) is 0 Å². The van der Waals surface area contributed by atoms with Crippen LogP contribution in [0.4, 0.5) is 0 Å². The molecule has 6 nitrogen and oxygen atoms in total. The lowest BCUT2D eigenvalue weighted by Gasteiger charge is -2.62. The van der Waals surface area contributed by atoms with Crippen molar-refractivity contribution >= 4 is 5.97 Å².